The van der Waals surface area contributed by atoms with Crippen LogP contribution in [0.5, 0.6) is 0 Å². The van der Waals surface area contributed by atoms with E-state index >= 15 is 0 Å². The largest absolute Gasteiger partial charge is 0.372 e. The SMILES string of the molecule is CCCC(CCCCNC(=O)CCCOCC(=O)NCc1ccc(CC(=O)NCCC(=O)NC)cc1)C(=O)CC. The maximum atomic E-state index is 12.0. The highest BCUT2D eigenvalue weighted by Gasteiger charge is 2.15. The van der Waals surface area contributed by atoms with E-state index < -0.39 is 0 Å². The predicted molar refractivity (Wildman–Crippen MR) is 154 cm³/mol. The molecule has 1 aromatic carbocycles. The highest BCUT2D eigenvalue weighted by molar-refractivity contribution is 5.81. The third-order valence-corrected chi connectivity index (χ3v) is 6.50. The number of hydrogen-bond donors (Lipinski definition) is 4. The first-order valence-corrected chi connectivity index (χ1v) is 14.5. The minimum Gasteiger partial charge on any atom is -0.372 e. The number of amides is 4. The maximum Gasteiger partial charge on any atom is 0.246 e. The minimum atomic E-state index is -0.244. The molecule has 4 N–H and O–H groups in total. The number of hydrogen-bond acceptors (Lipinski definition) is 6. The molecule has 4 amide bonds. The van der Waals surface area contributed by atoms with Gasteiger partial charge in [-0.25, -0.2) is 0 Å². The maximum absolute atomic E-state index is 12.0. The third-order valence-electron chi connectivity index (χ3n) is 6.50. The van der Waals surface area contributed by atoms with E-state index in [-0.39, 0.29) is 49.0 Å². The predicted octanol–water partition coefficient (Wildman–Crippen LogP) is 2.58. The van der Waals surface area contributed by atoms with Crippen molar-refractivity contribution in [3.8, 4) is 0 Å². The molecule has 0 aliphatic heterocycles. The standard InChI is InChI=1S/C30H48N4O6/c1-4-9-25(26(35)5-2)10-6-7-17-32-28(37)11-8-19-40-22-30(39)34-21-24-14-12-23(13-15-24)20-29(38)33-18-16-27(36)31-3/h12-15,25H,4-11,16-22H2,1-3H3,(H,31,36)(H,32,37)(H,33,38)(H,34,39). The number of benzene rings is 1. The molecule has 1 aromatic rings. The molecule has 0 aliphatic carbocycles. The summed E-state index contributed by atoms with van der Waals surface area (Å²) in [4.78, 5) is 59.1. The van der Waals surface area contributed by atoms with Crippen molar-refractivity contribution >= 4 is 29.4 Å². The van der Waals surface area contributed by atoms with E-state index in [1.807, 2.05) is 31.2 Å². The fourth-order valence-corrected chi connectivity index (χ4v) is 4.15. The van der Waals surface area contributed by atoms with Crippen LogP contribution in [0.3, 0.4) is 0 Å². The lowest BCUT2D eigenvalue weighted by Crippen LogP contribution is -2.30. The van der Waals surface area contributed by atoms with Crippen molar-refractivity contribution in [3.05, 3.63) is 35.4 Å². The smallest absolute Gasteiger partial charge is 0.246 e. The molecule has 1 unspecified atom stereocenters. The van der Waals surface area contributed by atoms with Gasteiger partial charge in [-0.2, -0.15) is 0 Å². The molecule has 0 saturated carbocycles. The van der Waals surface area contributed by atoms with Gasteiger partial charge in [0, 0.05) is 58.5 Å². The number of carbonyl (C=O) groups is 5. The molecule has 40 heavy (non-hydrogen) atoms. The zero-order chi connectivity index (χ0) is 29.6. The Hall–Kier alpha value is -3.27. The van der Waals surface area contributed by atoms with E-state index in [9.17, 15) is 24.0 Å². The van der Waals surface area contributed by atoms with Crippen LogP contribution in [0.4, 0.5) is 0 Å². The zero-order valence-electron chi connectivity index (χ0n) is 24.4. The number of ketones is 1. The number of nitrogens with one attached hydrogen (secondary N) is 4. The quantitative estimate of drug-likeness (QED) is 0.161. The van der Waals surface area contributed by atoms with Gasteiger partial charge in [0.15, 0.2) is 0 Å². The Morgan fingerprint density at radius 1 is 0.750 bits per heavy atom. The van der Waals surface area contributed by atoms with Gasteiger partial charge in [0.25, 0.3) is 0 Å². The van der Waals surface area contributed by atoms with Gasteiger partial charge in [0.1, 0.15) is 12.4 Å². The summed E-state index contributed by atoms with van der Waals surface area (Å²) in [5.74, 6) is -0.0691. The molecule has 0 aliphatic rings. The average Bonchev–Trinajstić information content (AvgIpc) is 2.95. The Labute approximate surface area is 238 Å². The van der Waals surface area contributed by atoms with Crippen LogP contribution in [0, 0.1) is 5.92 Å². The fourth-order valence-electron chi connectivity index (χ4n) is 4.15. The Morgan fingerprint density at radius 3 is 2.12 bits per heavy atom. The first kappa shape index (κ1) is 34.8. The summed E-state index contributed by atoms with van der Waals surface area (Å²) in [7, 11) is 1.55. The van der Waals surface area contributed by atoms with Gasteiger partial charge in [0.05, 0.1) is 6.42 Å². The zero-order valence-corrected chi connectivity index (χ0v) is 24.4. The van der Waals surface area contributed by atoms with E-state index in [4.69, 9.17) is 4.74 Å². The summed E-state index contributed by atoms with van der Waals surface area (Å²) in [6.07, 6.45) is 6.54. The number of ether oxygens (including phenoxy) is 1. The molecule has 0 fully saturated rings. The van der Waals surface area contributed by atoms with Crippen molar-refractivity contribution in [3.63, 3.8) is 0 Å². The van der Waals surface area contributed by atoms with Crippen LogP contribution in [-0.4, -0.2) is 62.8 Å². The van der Waals surface area contributed by atoms with Crippen LogP contribution in [0.25, 0.3) is 0 Å². The summed E-state index contributed by atoms with van der Waals surface area (Å²) in [5.41, 5.74) is 1.73. The van der Waals surface area contributed by atoms with Crippen LogP contribution in [-0.2, 0) is 41.7 Å². The average molecular weight is 561 g/mol. The van der Waals surface area contributed by atoms with Crippen molar-refractivity contribution in [2.75, 3.05) is 33.4 Å². The van der Waals surface area contributed by atoms with E-state index in [0.29, 0.717) is 51.3 Å². The lowest BCUT2D eigenvalue weighted by molar-refractivity contribution is -0.126. The van der Waals surface area contributed by atoms with Crippen molar-refractivity contribution in [2.24, 2.45) is 5.92 Å². The summed E-state index contributed by atoms with van der Waals surface area (Å²) < 4.78 is 5.38. The molecule has 0 bridgehead atoms. The van der Waals surface area contributed by atoms with E-state index in [1.54, 1.807) is 7.05 Å². The Morgan fingerprint density at radius 2 is 1.45 bits per heavy atom. The first-order chi connectivity index (χ1) is 19.3. The molecule has 224 valence electrons. The lowest BCUT2D eigenvalue weighted by Gasteiger charge is -2.14. The monoisotopic (exact) mass is 560 g/mol. The van der Waals surface area contributed by atoms with Gasteiger partial charge in [-0.15, -0.1) is 0 Å². The Kier molecular flexibility index (Phi) is 18.7. The van der Waals surface area contributed by atoms with Gasteiger partial charge < -0.3 is 26.0 Å². The normalized spacial score (nSPS) is 11.4. The highest BCUT2D eigenvalue weighted by Crippen LogP contribution is 2.17. The number of rotatable bonds is 22. The summed E-state index contributed by atoms with van der Waals surface area (Å²) >= 11 is 0. The van der Waals surface area contributed by atoms with Crippen LogP contribution in [0.1, 0.15) is 82.8 Å². The molecule has 0 aromatic heterocycles. The summed E-state index contributed by atoms with van der Waals surface area (Å²) in [6.45, 7) is 5.49. The highest BCUT2D eigenvalue weighted by atomic mass is 16.5. The van der Waals surface area contributed by atoms with Gasteiger partial charge in [0.2, 0.25) is 23.6 Å². The lowest BCUT2D eigenvalue weighted by atomic mass is 9.91. The van der Waals surface area contributed by atoms with Crippen molar-refractivity contribution in [1.29, 1.82) is 0 Å². The third kappa shape index (κ3) is 16.6. The minimum absolute atomic E-state index is 0.0346. The van der Waals surface area contributed by atoms with Crippen LogP contribution in [0.2, 0.25) is 0 Å². The second kappa shape index (κ2) is 21.5. The molecule has 1 rings (SSSR count). The molecule has 0 heterocycles. The second-order valence-corrected chi connectivity index (χ2v) is 9.85. The van der Waals surface area contributed by atoms with Gasteiger partial charge in [-0.1, -0.05) is 51.0 Å². The van der Waals surface area contributed by atoms with Crippen molar-refractivity contribution < 1.29 is 28.7 Å². The molecule has 0 radical (unpaired) electrons. The number of Topliss-reactive ketones (excluding diaryl/α,β-unsaturated/α-hetero) is 1. The topological polar surface area (TPSA) is 143 Å². The molecule has 0 spiro atoms. The fraction of sp³-hybridized carbons (Fsp3) is 0.633. The van der Waals surface area contributed by atoms with Gasteiger partial charge in [-0.3, -0.25) is 24.0 Å². The number of unbranched alkanes of at least 4 members (excludes halogenated alkanes) is 1. The molecule has 0 saturated heterocycles. The van der Waals surface area contributed by atoms with Crippen LogP contribution in [0.15, 0.2) is 24.3 Å². The first-order valence-electron chi connectivity index (χ1n) is 14.5. The van der Waals surface area contributed by atoms with E-state index in [1.165, 1.54) is 0 Å². The van der Waals surface area contributed by atoms with Gasteiger partial charge in [-0.05, 0) is 36.8 Å². The van der Waals surface area contributed by atoms with E-state index in [2.05, 4.69) is 28.2 Å². The molecule has 10 heteroatoms. The Balaban J connectivity index is 2.10. The van der Waals surface area contributed by atoms with Gasteiger partial charge >= 0.3 is 0 Å². The van der Waals surface area contributed by atoms with Crippen molar-refractivity contribution in [1.82, 2.24) is 21.3 Å². The Bertz CT molecular complexity index is 919. The number of carbonyl (C=O) groups excluding carboxylic acids is 5. The molecular formula is C30H48N4O6. The van der Waals surface area contributed by atoms with Crippen LogP contribution < -0.4 is 21.3 Å². The second-order valence-electron chi connectivity index (χ2n) is 9.85. The summed E-state index contributed by atoms with van der Waals surface area (Å²) in [6, 6.07) is 7.36. The molecule has 1 atom stereocenters. The summed E-state index contributed by atoms with van der Waals surface area (Å²) in [5, 5.41) is 10.9. The molecule has 10 nitrogen and oxygen atoms in total. The van der Waals surface area contributed by atoms with E-state index in [0.717, 1.165) is 43.2 Å². The van der Waals surface area contributed by atoms with Crippen LogP contribution >= 0.6 is 0 Å². The van der Waals surface area contributed by atoms with Crippen molar-refractivity contribution in [2.45, 2.75) is 84.6 Å². The molecular weight excluding hydrogens is 512 g/mol.